The first-order valence-corrected chi connectivity index (χ1v) is 10.0. The molecule has 2 aromatic rings. The number of hydrogen-bond acceptors (Lipinski definition) is 3. The Balaban J connectivity index is 1.82. The van der Waals surface area contributed by atoms with Crippen molar-refractivity contribution in [2.45, 2.75) is 46.0 Å². The Morgan fingerprint density at radius 1 is 0.966 bits per heavy atom. The molecule has 6 heteroatoms. The SMILES string of the molecule is CNC(=O)CCCCCCNC(=O)c1ccc(Nc2c(C)cccc2C)cc1F. The van der Waals surface area contributed by atoms with Crippen molar-refractivity contribution < 1.29 is 14.0 Å². The quantitative estimate of drug-likeness (QED) is 0.511. The number of aryl methyl sites for hydroxylation is 2. The number of unbranched alkanes of at least 4 members (excludes halogenated alkanes) is 3. The lowest BCUT2D eigenvalue weighted by Crippen LogP contribution is -2.25. The van der Waals surface area contributed by atoms with Gasteiger partial charge in [0.1, 0.15) is 5.82 Å². The van der Waals surface area contributed by atoms with E-state index < -0.39 is 11.7 Å². The van der Waals surface area contributed by atoms with Gasteiger partial charge in [0.2, 0.25) is 5.91 Å². The maximum absolute atomic E-state index is 14.5. The monoisotopic (exact) mass is 399 g/mol. The van der Waals surface area contributed by atoms with Crippen LogP contribution >= 0.6 is 0 Å². The van der Waals surface area contributed by atoms with Gasteiger partial charge in [-0.1, -0.05) is 31.0 Å². The molecule has 2 aromatic carbocycles. The summed E-state index contributed by atoms with van der Waals surface area (Å²) in [5.41, 5.74) is 3.73. The van der Waals surface area contributed by atoms with E-state index in [1.807, 2.05) is 32.0 Å². The highest BCUT2D eigenvalue weighted by atomic mass is 19.1. The number of amides is 2. The number of para-hydroxylation sites is 1. The average Bonchev–Trinajstić information content (AvgIpc) is 2.69. The molecule has 156 valence electrons. The third kappa shape index (κ3) is 6.89. The van der Waals surface area contributed by atoms with Crippen LogP contribution in [-0.2, 0) is 4.79 Å². The summed E-state index contributed by atoms with van der Waals surface area (Å²) in [5, 5.41) is 8.58. The van der Waals surface area contributed by atoms with Gasteiger partial charge in [-0.15, -0.1) is 0 Å². The number of halogens is 1. The first-order chi connectivity index (χ1) is 13.9. The standard InChI is InChI=1S/C23H30FN3O2/c1-16-9-8-10-17(2)22(16)27-18-12-13-19(20(24)15-18)23(29)26-14-7-5-4-6-11-21(28)25-3/h8-10,12-13,15,27H,4-7,11,14H2,1-3H3,(H,25,28)(H,26,29). The van der Waals surface area contributed by atoms with E-state index in [0.29, 0.717) is 18.7 Å². The molecule has 5 nitrogen and oxygen atoms in total. The van der Waals surface area contributed by atoms with E-state index in [-0.39, 0.29) is 11.5 Å². The van der Waals surface area contributed by atoms with Crippen molar-refractivity contribution >= 4 is 23.2 Å². The summed E-state index contributed by atoms with van der Waals surface area (Å²) in [6, 6.07) is 10.5. The van der Waals surface area contributed by atoms with Crippen LogP contribution in [0.1, 0.15) is 53.6 Å². The van der Waals surface area contributed by atoms with Gasteiger partial charge in [-0.05, 0) is 56.0 Å². The second-order valence-electron chi connectivity index (χ2n) is 7.18. The number of carbonyl (C=O) groups excluding carboxylic acids is 2. The van der Waals surface area contributed by atoms with Gasteiger partial charge < -0.3 is 16.0 Å². The van der Waals surface area contributed by atoms with Crippen LogP contribution in [0.5, 0.6) is 0 Å². The Morgan fingerprint density at radius 2 is 1.66 bits per heavy atom. The van der Waals surface area contributed by atoms with Crippen LogP contribution < -0.4 is 16.0 Å². The van der Waals surface area contributed by atoms with Crippen molar-refractivity contribution in [3.05, 3.63) is 58.9 Å². The third-order valence-corrected chi connectivity index (χ3v) is 4.86. The molecule has 0 bridgehead atoms. The fourth-order valence-electron chi connectivity index (χ4n) is 3.12. The maximum atomic E-state index is 14.5. The largest absolute Gasteiger partial charge is 0.359 e. The van der Waals surface area contributed by atoms with Crippen LogP contribution in [0.25, 0.3) is 0 Å². The molecule has 0 aliphatic carbocycles. The van der Waals surface area contributed by atoms with Crippen LogP contribution in [0.4, 0.5) is 15.8 Å². The van der Waals surface area contributed by atoms with E-state index in [2.05, 4.69) is 16.0 Å². The molecule has 0 radical (unpaired) electrons. The van der Waals surface area contributed by atoms with Crippen LogP contribution in [-0.4, -0.2) is 25.4 Å². The Kier molecular flexibility index (Phi) is 8.65. The van der Waals surface area contributed by atoms with Gasteiger partial charge >= 0.3 is 0 Å². The Morgan fingerprint density at radius 3 is 2.31 bits per heavy atom. The van der Waals surface area contributed by atoms with Crippen molar-refractivity contribution in [3.8, 4) is 0 Å². The molecule has 0 fully saturated rings. The molecular weight excluding hydrogens is 369 g/mol. The fourth-order valence-corrected chi connectivity index (χ4v) is 3.12. The normalized spacial score (nSPS) is 10.5. The van der Waals surface area contributed by atoms with Crippen molar-refractivity contribution in [1.29, 1.82) is 0 Å². The Bertz CT molecular complexity index is 832. The van der Waals surface area contributed by atoms with Gasteiger partial charge in [-0.25, -0.2) is 4.39 Å². The minimum absolute atomic E-state index is 0.0386. The van der Waals surface area contributed by atoms with E-state index in [1.54, 1.807) is 13.1 Å². The molecular formula is C23H30FN3O2. The number of carbonyl (C=O) groups is 2. The topological polar surface area (TPSA) is 70.2 Å². The van der Waals surface area contributed by atoms with Crippen LogP contribution in [0.2, 0.25) is 0 Å². The predicted octanol–water partition coefficient (Wildman–Crippen LogP) is 4.61. The lowest BCUT2D eigenvalue weighted by atomic mass is 10.1. The molecule has 0 aliphatic rings. The van der Waals surface area contributed by atoms with Crippen LogP contribution in [0.3, 0.4) is 0 Å². The highest BCUT2D eigenvalue weighted by Gasteiger charge is 2.12. The van der Waals surface area contributed by atoms with E-state index >= 15 is 0 Å². The summed E-state index contributed by atoms with van der Waals surface area (Å²) < 4.78 is 14.5. The van der Waals surface area contributed by atoms with Crippen LogP contribution in [0.15, 0.2) is 36.4 Å². The second kappa shape index (κ2) is 11.2. The summed E-state index contributed by atoms with van der Waals surface area (Å²) >= 11 is 0. The van der Waals surface area contributed by atoms with Gasteiger partial charge in [0.15, 0.2) is 0 Å². The summed E-state index contributed by atoms with van der Waals surface area (Å²) in [6.45, 7) is 4.47. The third-order valence-electron chi connectivity index (χ3n) is 4.86. The van der Waals surface area contributed by atoms with E-state index in [9.17, 15) is 14.0 Å². The first-order valence-electron chi connectivity index (χ1n) is 10.0. The highest BCUT2D eigenvalue weighted by molar-refractivity contribution is 5.94. The smallest absolute Gasteiger partial charge is 0.254 e. The number of hydrogen-bond donors (Lipinski definition) is 3. The molecule has 0 atom stereocenters. The van der Waals surface area contributed by atoms with Gasteiger partial charge in [0.25, 0.3) is 5.91 Å². The van der Waals surface area contributed by atoms with Crippen molar-refractivity contribution in [2.75, 3.05) is 18.9 Å². The van der Waals surface area contributed by atoms with Gasteiger partial charge in [0.05, 0.1) is 5.56 Å². The van der Waals surface area contributed by atoms with Crippen molar-refractivity contribution in [2.24, 2.45) is 0 Å². The molecule has 0 aromatic heterocycles. The summed E-state index contributed by atoms with van der Waals surface area (Å²) in [6.07, 6.45) is 4.00. The lowest BCUT2D eigenvalue weighted by Gasteiger charge is -2.13. The minimum atomic E-state index is -0.552. The van der Waals surface area contributed by atoms with Crippen LogP contribution in [0, 0.1) is 19.7 Å². The molecule has 0 unspecified atom stereocenters. The molecule has 0 spiro atoms. The summed E-state index contributed by atoms with van der Waals surface area (Å²) in [5.74, 6) is -0.917. The summed E-state index contributed by atoms with van der Waals surface area (Å²) in [4.78, 5) is 23.4. The van der Waals surface area contributed by atoms with Gasteiger partial charge in [-0.2, -0.15) is 0 Å². The minimum Gasteiger partial charge on any atom is -0.359 e. The first kappa shape index (κ1) is 22.4. The molecule has 2 amide bonds. The molecule has 3 N–H and O–H groups in total. The predicted molar refractivity (Wildman–Crippen MR) is 115 cm³/mol. The Hall–Kier alpha value is -2.89. The van der Waals surface area contributed by atoms with E-state index in [1.165, 1.54) is 12.1 Å². The molecule has 0 heterocycles. The van der Waals surface area contributed by atoms with Crippen molar-refractivity contribution in [3.63, 3.8) is 0 Å². The van der Waals surface area contributed by atoms with Gasteiger partial charge in [0, 0.05) is 31.4 Å². The Labute approximate surface area is 172 Å². The number of anilines is 2. The lowest BCUT2D eigenvalue weighted by molar-refractivity contribution is -0.120. The van der Waals surface area contributed by atoms with Gasteiger partial charge in [-0.3, -0.25) is 9.59 Å². The highest BCUT2D eigenvalue weighted by Crippen LogP contribution is 2.25. The second-order valence-corrected chi connectivity index (χ2v) is 7.18. The summed E-state index contributed by atoms with van der Waals surface area (Å²) in [7, 11) is 1.63. The van der Waals surface area contributed by atoms with Crippen molar-refractivity contribution in [1.82, 2.24) is 10.6 Å². The zero-order valence-electron chi connectivity index (χ0n) is 17.4. The zero-order valence-corrected chi connectivity index (χ0v) is 17.4. The number of benzene rings is 2. The fraction of sp³-hybridized carbons (Fsp3) is 0.391. The molecule has 0 saturated carbocycles. The van der Waals surface area contributed by atoms with E-state index in [0.717, 1.165) is 42.5 Å². The molecule has 0 aliphatic heterocycles. The maximum Gasteiger partial charge on any atom is 0.254 e. The molecule has 29 heavy (non-hydrogen) atoms. The average molecular weight is 400 g/mol. The number of rotatable bonds is 10. The molecule has 2 rings (SSSR count). The molecule has 0 saturated heterocycles. The number of nitrogens with one attached hydrogen (secondary N) is 3. The zero-order chi connectivity index (χ0) is 21.2. The van der Waals surface area contributed by atoms with E-state index in [4.69, 9.17) is 0 Å².